The number of nitrogens with zero attached hydrogens (tertiary/aromatic N) is 1. The Hall–Kier alpha value is -1.77. The van der Waals surface area contributed by atoms with Gasteiger partial charge in [0.2, 0.25) is 0 Å². The van der Waals surface area contributed by atoms with Crippen molar-refractivity contribution >= 4 is 29.7 Å². The largest absolute Gasteiger partial charge is 0.434 e. The second-order valence-corrected chi connectivity index (χ2v) is 5.28. The van der Waals surface area contributed by atoms with Crippen molar-refractivity contribution in [3.05, 3.63) is 45.9 Å². The average Bonchev–Trinajstić information content (AvgIpc) is 2.94. The van der Waals surface area contributed by atoms with Crippen molar-refractivity contribution in [3.8, 4) is 5.75 Å². The monoisotopic (exact) mass is 363 g/mol. The Bertz CT molecular complexity index is 640. The number of rotatable bonds is 7. The van der Waals surface area contributed by atoms with Crippen LogP contribution in [0, 0.1) is 0 Å². The van der Waals surface area contributed by atoms with Gasteiger partial charge in [0.05, 0.1) is 5.01 Å². The van der Waals surface area contributed by atoms with Crippen molar-refractivity contribution in [3.63, 3.8) is 0 Å². The second-order valence-electron chi connectivity index (χ2n) is 4.33. The minimum Gasteiger partial charge on any atom is -0.434 e. The lowest BCUT2D eigenvalue weighted by Gasteiger charge is -2.10. The highest BCUT2D eigenvalue weighted by Gasteiger charge is 2.13. The standard InChI is InChI=1S/C14H15F2N3O2S.ClH/c15-14(16)21-11-4-2-1-3-9(11)7-18-13(20)10-8-22-12(19-10)5-6-17;/h1-4,8,14H,5-7,17H2,(H,18,20);1H. The molecule has 0 saturated heterocycles. The van der Waals surface area contributed by atoms with E-state index in [1.54, 1.807) is 23.6 Å². The van der Waals surface area contributed by atoms with Gasteiger partial charge >= 0.3 is 6.61 Å². The number of aromatic nitrogens is 1. The summed E-state index contributed by atoms with van der Waals surface area (Å²) in [6.45, 7) is -2.37. The van der Waals surface area contributed by atoms with Crippen molar-refractivity contribution in [1.29, 1.82) is 0 Å². The minimum atomic E-state index is -2.91. The van der Waals surface area contributed by atoms with Crippen molar-refractivity contribution < 1.29 is 18.3 Å². The van der Waals surface area contributed by atoms with Crippen LogP contribution in [0.15, 0.2) is 29.6 Å². The third-order valence-corrected chi connectivity index (χ3v) is 3.68. The van der Waals surface area contributed by atoms with E-state index in [2.05, 4.69) is 15.0 Å². The fourth-order valence-electron chi connectivity index (χ4n) is 1.78. The predicted molar refractivity (Wildman–Crippen MR) is 86.4 cm³/mol. The molecule has 0 radical (unpaired) electrons. The van der Waals surface area contributed by atoms with Crippen molar-refractivity contribution in [2.75, 3.05) is 6.54 Å². The highest BCUT2D eigenvalue weighted by Crippen LogP contribution is 2.20. The lowest BCUT2D eigenvalue weighted by Crippen LogP contribution is -2.23. The molecule has 9 heteroatoms. The Morgan fingerprint density at radius 3 is 2.83 bits per heavy atom. The zero-order chi connectivity index (χ0) is 15.9. The smallest absolute Gasteiger partial charge is 0.387 e. The topological polar surface area (TPSA) is 77.2 Å². The van der Waals surface area contributed by atoms with E-state index in [4.69, 9.17) is 5.73 Å². The summed E-state index contributed by atoms with van der Waals surface area (Å²) in [6.07, 6.45) is 0.614. The van der Waals surface area contributed by atoms with Crippen LogP contribution < -0.4 is 15.8 Å². The molecule has 2 aromatic rings. The number of ether oxygens (including phenoxy) is 1. The molecular formula is C14H16ClF2N3O2S. The fraction of sp³-hybridized carbons (Fsp3) is 0.286. The predicted octanol–water partition coefficient (Wildman–Crippen LogP) is 2.60. The first-order valence-corrected chi connectivity index (χ1v) is 7.43. The number of hydrogen-bond acceptors (Lipinski definition) is 5. The zero-order valence-electron chi connectivity index (χ0n) is 12.0. The molecule has 0 aliphatic rings. The van der Waals surface area contributed by atoms with Crippen LogP contribution >= 0.6 is 23.7 Å². The molecular weight excluding hydrogens is 348 g/mol. The summed E-state index contributed by atoms with van der Waals surface area (Å²) in [5, 5.41) is 5.06. The van der Waals surface area contributed by atoms with Crippen LogP contribution in [-0.4, -0.2) is 24.0 Å². The van der Waals surface area contributed by atoms with Gasteiger partial charge in [-0.1, -0.05) is 18.2 Å². The third-order valence-electron chi connectivity index (χ3n) is 2.77. The Kier molecular flexibility index (Phi) is 7.87. The van der Waals surface area contributed by atoms with E-state index in [1.165, 1.54) is 17.4 Å². The van der Waals surface area contributed by atoms with Gasteiger partial charge in [0, 0.05) is 23.9 Å². The Morgan fingerprint density at radius 2 is 2.13 bits per heavy atom. The quantitative estimate of drug-likeness (QED) is 0.792. The maximum Gasteiger partial charge on any atom is 0.387 e. The molecule has 0 aliphatic carbocycles. The van der Waals surface area contributed by atoms with Crippen LogP contribution in [0.4, 0.5) is 8.78 Å². The van der Waals surface area contributed by atoms with Crippen molar-refractivity contribution in [1.82, 2.24) is 10.3 Å². The second kappa shape index (κ2) is 9.39. The van der Waals surface area contributed by atoms with Crippen LogP contribution in [-0.2, 0) is 13.0 Å². The van der Waals surface area contributed by atoms with Gasteiger partial charge in [0.15, 0.2) is 0 Å². The molecule has 1 heterocycles. The van der Waals surface area contributed by atoms with Crippen LogP contribution in [0.25, 0.3) is 0 Å². The van der Waals surface area contributed by atoms with Gasteiger partial charge in [-0.05, 0) is 12.6 Å². The van der Waals surface area contributed by atoms with Gasteiger partial charge in [-0.3, -0.25) is 4.79 Å². The first-order valence-electron chi connectivity index (χ1n) is 6.55. The van der Waals surface area contributed by atoms with Gasteiger partial charge in [-0.25, -0.2) is 4.98 Å². The lowest BCUT2D eigenvalue weighted by atomic mass is 10.2. The number of hydrogen-bond donors (Lipinski definition) is 2. The van der Waals surface area contributed by atoms with Gasteiger partial charge in [0.1, 0.15) is 11.4 Å². The average molecular weight is 364 g/mol. The van der Waals surface area contributed by atoms with E-state index in [-0.39, 0.29) is 30.6 Å². The molecule has 126 valence electrons. The molecule has 1 amide bonds. The SMILES string of the molecule is Cl.NCCc1nc(C(=O)NCc2ccccc2OC(F)F)cs1. The summed E-state index contributed by atoms with van der Waals surface area (Å²) in [6, 6.07) is 6.30. The number of amides is 1. The van der Waals surface area contributed by atoms with Gasteiger partial charge in [-0.2, -0.15) is 8.78 Å². The van der Waals surface area contributed by atoms with E-state index in [1.807, 2.05) is 0 Å². The molecule has 2 rings (SSSR count). The van der Waals surface area contributed by atoms with Crippen molar-refractivity contribution in [2.24, 2.45) is 5.73 Å². The number of nitrogens with one attached hydrogen (secondary N) is 1. The molecule has 0 bridgehead atoms. The van der Waals surface area contributed by atoms with Crippen LogP contribution in [0.1, 0.15) is 21.1 Å². The minimum absolute atomic E-state index is 0. The molecule has 5 nitrogen and oxygen atoms in total. The normalized spacial score (nSPS) is 10.3. The molecule has 1 aromatic heterocycles. The first-order chi connectivity index (χ1) is 10.6. The van der Waals surface area contributed by atoms with Crippen LogP contribution in [0.2, 0.25) is 0 Å². The molecule has 23 heavy (non-hydrogen) atoms. The summed E-state index contributed by atoms with van der Waals surface area (Å²) in [4.78, 5) is 16.1. The third kappa shape index (κ3) is 5.74. The number of benzene rings is 1. The summed E-state index contributed by atoms with van der Waals surface area (Å²) in [5.41, 5.74) is 6.19. The molecule has 1 aromatic carbocycles. The maximum atomic E-state index is 12.3. The van der Waals surface area contributed by atoms with E-state index in [0.717, 1.165) is 5.01 Å². The molecule has 3 N–H and O–H groups in total. The Morgan fingerprint density at radius 1 is 1.39 bits per heavy atom. The zero-order valence-corrected chi connectivity index (χ0v) is 13.6. The van der Waals surface area contributed by atoms with E-state index in [0.29, 0.717) is 24.2 Å². The maximum absolute atomic E-state index is 12.3. The number of halogens is 3. The summed E-state index contributed by atoms with van der Waals surface area (Å²) >= 11 is 1.36. The lowest BCUT2D eigenvalue weighted by molar-refractivity contribution is -0.0504. The molecule has 0 spiro atoms. The van der Waals surface area contributed by atoms with Crippen LogP contribution in [0.3, 0.4) is 0 Å². The summed E-state index contributed by atoms with van der Waals surface area (Å²) in [7, 11) is 0. The van der Waals surface area contributed by atoms with E-state index >= 15 is 0 Å². The Balaban J connectivity index is 0.00000264. The number of carbonyl (C=O) groups excluding carboxylic acids is 1. The van der Waals surface area contributed by atoms with Gasteiger partial charge in [0.25, 0.3) is 5.91 Å². The first kappa shape index (κ1) is 19.3. The number of carbonyl (C=O) groups is 1. The number of para-hydroxylation sites is 1. The van der Waals surface area contributed by atoms with E-state index < -0.39 is 6.61 Å². The number of nitrogens with two attached hydrogens (primary N) is 1. The molecule has 0 aliphatic heterocycles. The van der Waals surface area contributed by atoms with Gasteiger partial charge < -0.3 is 15.8 Å². The summed E-state index contributed by atoms with van der Waals surface area (Å²) < 4.78 is 29.0. The number of thiazole rings is 1. The molecule has 0 atom stereocenters. The summed E-state index contributed by atoms with van der Waals surface area (Å²) in [5.74, 6) is -0.328. The van der Waals surface area contributed by atoms with Gasteiger partial charge in [-0.15, -0.1) is 23.7 Å². The molecule has 0 unspecified atom stereocenters. The molecule has 0 saturated carbocycles. The number of alkyl halides is 2. The van der Waals surface area contributed by atoms with E-state index in [9.17, 15) is 13.6 Å². The highest BCUT2D eigenvalue weighted by atomic mass is 35.5. The molecule has 0 fully saturated rings. The van der Waals surface area contributed by atoms with Crippen molar-refractivity contribution in [2.45, 2.75) is 19.6 Å². The highest BCUT2D eigenvalue weighted by molar-refractivity contribution is 7.09. The Labute approximate surface area is 142 Å². The fourth-order valence-corrected chi connectivity index (χ4v) is 2.57. The van der Waals surface area contributed by atoms with Crippen LogP contribution in [0.5, 0.6) is 5.75 Å².